The third-order valence-electron chi connectivity index (χ3n) is 4.49. The average molecular weight is 329 g/mol. The van der Waals surface area contributed by atoms with Crippen molar-refractivity contribution in [3.05, 3.63) is 89.5 Å². The van der Waals surface area contributed by atoms with E-state index in [4.69, 9.17) is 0 Å². The Morgan fingerprint density at radius 1 is 1.00 bits per heavy atom. The summed E-state index contributed by atoms with van der Waals surface area (Å²) in [7, 11) is 0. The van der Waals surface area contributed by atoms with E-state index >= 15 is 0 Å². The lowest BCUT2D eigenvalue weighted by Crippen LogP contribution is -2.36. The smallest absolute Gasteiger partial charge is 0.278 e. The lowest BCUT2D eigenvalue weighted by molar-refractivity contribution is 0.0979. The molecular weight excluding hydrogens is 310 g/mol. The zero-order chi connectivity index (χ0) is 17.1. The highest BCUT2D eigenvalue weighted by Crippen LogP contribution is 2.27. The van der Waals surface area contributed by atoms with E-state index in [-0.39, 0.29) is 5.91 Å². The number of aromatic nitrogens is 2. The van der Waals surface area contributed by atoms with Crippen molar-refractivity contribution in [2.75, 3.05) is 11.4 Å². The number of amides is 1. The summed E-state index contributed by atoms with van der Waals surface area (Å²) in [5.74, 6) is -0.0745. The summed E-state index contributed by atoms with van der Waals surface area (Å²) in [6.07, 6.45) is 5.95. The van der Waals surface area contributed by atoms with Crippen molar-refractivity contribution in [2.45, 2.75) is 19.3 Å². The molecule has 124 valence electrons. The number of fused-ring (bicyclic) bond motifs is 1. The van der Waals surface area contributed by atoms with E-state index in [9.17, 15) is 4.79 Å². The monoisotopic (exact) mass is 329 g/mol. The van der Waals surface area contributed by atoms with Crippen LogP contribution < -0.4 is 4.90 Å². The molecule has 0 bridgehead atoms. The van der Waals surface area contributed by atoms with Crippen molar-refractivity contribution in [3.63, 3.8) is 0 Å². The van der Waals surface area contributed by atoms with Gasteiger partial charge in [0.05, 0.1) is 11.9 Å². The van der Waals surface area contributed by atoms with E-state index in [1.54, 1.807) is 12.4 Å². The number of carbonyl (C=O) groups is 1. The molecule has 2 aromatic carbocycles. The first-order chi connectivity index (χ1) is 12.3. The summed E-state index contributed by atoms with van der Waals surface area (Å²) in [6.45, 7) is 0.723. The third-order valence-corrected chi connectivity index (χ3v) is 4.49. The molecule has 3 aromatic rings. The van der Waals surface area contributed by atoms with Crippen LogP contribution in [0, 0.1) is 0 Å². The second-order valence-electron chi connectivity index (χ2n) is 6.25. The van der Waals surface area contributed by atoms with Crippen molar-refractivity contribution < 1.29 is 4.79 Å². The maximum atomic E-state index is 13.0. The molecule has 4 heteroatoms. The highest BCUT2D eigenvalue weighted by Gasteiger charge is 2.24. The average Bonchev–Trinajstić information content (AvgIpc) is 2.68. The highest BCUT2D eigenvalue weighted by atomic mass is 16.2. The Bertz CT molecular complexity index is 892. The Hall–Kier alpha value is -3.01. The van der Waals surface area contributed by atoms with Crippen LogP contribution in [0.15, 0.2) is 67.0 Å². The lowest BCUT2D eigenvalue weighted by atomic mass is 10.0. The maximum Gasteiger partial charge on any atom is 0.278 e. The van der Waals surface area contributed by atoms with Crippen molar-refractivity contribution in [1.29, 1.82) is 0 Å². The SMILES string of the molecule is O=C(c1cncc(Cc2ccccc2)n1)N1CCCc2ccccc21. The van der Waals surface area contributed by atoms with Gasteiger partial charge in [-0.3, -0.25) is 9.78 Å². The van der Waals surface area contributed by atoms with Gasteiger partial charge in [-0.05, 0) is 30.0 Å². The Balaban J connectivity index is 1.60. The van der Waals surface area contributed by atoms with E-state index in [1.807, 2.05) is 41.3 Å². The normalized spacial score (nSPS) is 13.4. The van der Waals surface area contributed by atoms with Crippen molar-refractivity contribution >= 4 is 11.6 Å². The van der Waals surface area contributed by atoms with Gasteiger partial charge in [0.25, 0.3) is 5.91 Å². The van der Waals surface area contributed by atoms with Crippen LogP contribution in [0.2, 0.25) is 0 Å². The molecule has 0 unspecified atom stereocenters. The molecule has 0 spiro atoms. The molecule has 1 aliphatic rings. The summed E-state index contributed by atoms with van der Waals surface area (Å²) in [4.78, 5) is 23.6. The van der Waals surface area contributed by atoms with Crippen LogP contribution in [-0.4, -0.2) is 22.4 Å². The summed E-state index contributed by atoms with van der Waals surface area (Å²) in [5, 5.41) is 0. The predicted molar refractivity (Wildman–Crippen MR) is 97.7 cm³/mol. The first-order valence-electron chi connectivity index (χ1n) is 8.56. The number of anilines is 1. The Kier molecular flexibility index (Phi) is 4.25. The fraction of sp³-hybridized carbons (Fsp3) is 0.190. The number of hydrogen-bond donors (Lipinski definition) is 0. The molecule has 0 atom stereocenters. The van der Waals surface area contributed by atoms with Crippen LogP contribution in [0.1, 0.15) is 33.7 Å². The van der Waals surface area contributed by atoms with Gasteiger partial charge < -0.3 is 4.90 Å². The first kappa shape index (κ1) is 15.5. The van der Waals surface area contributed by atoms with Crippen LogP contribution in [0.5, 0.6) is 0 Å². The minimum atomic E-state index is -0.0745. The van der Waals surface area contributed by atoms with Crippen molar-refractivity contribution in [2.24, 2.45) is 0 Å². The molecule has 2 heterocycles. The third kappa shape index (κ3) is 3.29. The molecular formula is C21H19N3O. The minimum Gasteiger partial charge on any atom is -0.307 e. The number of rotatable bonds is 3. The van der Waals surface area contributed by atoms with Crippen LogP contribution in [0.4, 0.5) is 5.69 Å². The number of nitrogens with zero attached hydrogens (tertiary/aromatic N) is 3. The molecule has 1 aliphatic heterocycles. The topological polar surface area (TPSA) is 46.1 Å². The zero-order valence-electron chi connectivity index (χ0n) is 13.9. The van der Waals surface area contributed by atoms with E-state index in [0.29, 0.717) is 12.1 Å². The molecule has 4 nitrogen and oxygen atoms in total. The van der Waals surface area contributed by atoms with Crippen LogP contribution in [-0.2, 0) is 12.8 Å². The number of aryl methyl sites for hydroxylation is 1. The fourth-order valence-corrected chi connectivity index (χ4v) is 3.28. The van der Waals surface area contributed by atoms with Crippen LogP contribution in [0.25, 0.3) is 0 Å². The summed E-state index contributed by atoms with van der Waals surface area (Å²) in [6, 6.07) is 18.2. The Morgan fingerprint density at radius 3 is 2.68 bits per heavy atom. The molecule has 25 heavy (non-hydrogen) atoms. The molecule has 4 rings (SSSR count). The molecule has 0 N–H and O–H groups in total. The van der Waals surface area contributed by atoms with E-state index in [2.05, 4.69) is 28.2 Å². The number of hydrogen-bond acceptors (Lipinski definition) is 3. The van der Waals surface area contributed by atoms with E-state index < -0.39 is 0 Å². The molecule has 1 aromatic heterocycles. The standard InChI is InChI=1S/C21H19N3O/c25-21(24-12-6-10-17-9-4-5-11-20(17)24)19-15-22-14-18(23-19)13-16-7-2-1-3-8-16/h1-5,7-9,11,14-15H,6,10,12-13H2. The van der Waals surface area contributed by atoms with E-state index in [0.717, 1.165) is 36.3 Å². The Labute approximate surface area is 147 Å². The van der Waals surface area contributed by atoms with Gasteiger partial charge in [0.15, 0.2) is 0 Å². The Morgan fingerprint density at radius 2 is 1.80 bits per heavy atom. The van der Waals surface area contributed by atoms with Crippen molar-refractivity contribution in [1.82, 2.24) is 9.97 Å². The summed E-state index contributed by atoms with van der Waals surface area (Å²) >= 11 is 0. The summed E-state index contributed by atoms with van der Waals surface area (Å²) < 4.78 is 0. The largest absolute Gasteiger partial charge is 0.307 e. The fourth-order valence-electron chi connectivity index (χ4n) is 3.28. The van der Waals surface area contributed by atoms with Gasteiger partial charge in [-0.15, -0.1) is 0 Å². The molecule has 0 aliphatic carbocycles. The molecule has 0 fully saturated rings. The van der Waals surface area contributed by atoms with Crippen molar-refractivity contribution in [3.8, 4) is 0 Å². The van der Waals surface area contributed by atoms with Gasteiger partial charge in [0.2, 0.25) is 0 Å². The van der Waals surface area contributed by atoms with Gasteiger partial charge >= 0.3 is 0 Å². The zero-order valence-corrected chi connectivity index (χ0v) is 13.9. The van der Waals surface area contributed by atoms with Gasteiger partial charge in [0.1, 0.15) is 5.69 Å². The van der Waals surface area contributed by atoms with Gasteiger partial charge in [0, 0.05) is 24.8 Å². The number of carbonyl (C=O) groups excluding carboxylic acids is 1. The summed E-state index contributed by atoms with van der Waals surface area (Å²) in [5.41, 5.74) is 4.58. The van der Waals surface area contributed by atoms with Crippen LogP contribution in [0.3, 0.4) is 0 Å². The van der Waals surface area contributed by atoms with Gasteiger partial charge in [-0.25, -0.2) is 4.98 Å². The molecule has 0 saturated heterocycles. The molecule has 0 saturated carbocycles. The number of benzene rings is 2. The highest BCUT2D eigenvalue weighted by molar-refractivity contribution is 6.05. The molecule has 0 radical (unpaired) electrons. The maximum absolute atomic E-state index is 13.0. The van der Waals surface area contributed by atoms with Gasteiger partial charge in [-0.1, -0.05) is 48.5 Å². The molecule has 1 amide bonds. The van der Waals surface area contributed by atoms with E-state index in [1.165, 1.54) is 5.56 Å². The first-order valence-corrected chi connectivity index (χ1v) is 8.56. The predicted octanol–water partition coefficient (Wildman–Crippen LogP) is 3.66. The van der Waals surface area contributed by atoms with Crippen LogP contribution >= 0.6 is 0 Å². The second-order valence-corrected chi connectivity index (χ2v) is 6.25. The second kappa shape index (κ2) is 6.85. The quantitative estimate of drug-likeness (QED) is 0.737. The minimum absolute atomic E-state index is 0.0745. The lowest BCUT2D eigenvalue weighted by Gasteiger charge is -2.29. The van der Waals surface area contributed by atoms with Gasteiger partial charge in [-0.2, -0.15) is 0 Å². The number of para-hydroxylation sites is 1.